The largest absolute Gasteiger partial charge is 0.455 e. The Balaban J connectivity index is 1.65. The third-order valence-corrected chi connectivity index (χ3v) is 9.53. The molecule has 0 bridgehead atoms. The second kappa shape index (κ2) is 12.7. The first-order chi connectivity index (χ1) is 21.0. The molecule has 1 N–H and O–H groups in total. The molecule has 12 heteroatoms. The Morgan fingerprint density at radius 2 is 1.75 bits per heavy atom. The van der Waals surface area contributed by atoms with Crippen molar-refractivity contribution in [3.8, 4) is 33.0 Å². The Labute approximate surface area is 258 Å². The summed E-state index contributed by atoms with van der Waals surface area (Å²) < 4.78 is 46.4. The molecule has 0 aliphatic rings. The highest BCUT2D eigenvalue weighted by Gasteiger charge is 2.26. The van der Waals surface area contributed by atoms with E-state index in [0.29, 0.717) is 52.0 Å². The van der Waals surface area contributed by atoms with Crippen LogP contribution in [0.1, 0.15) is 41.4 Å². The average molecular weight is 635 g/mol. The minimum absolute atomic E-state index is 0.224. The minimum Gasteiger partial charge on any atom is -0.455 e. The first-order valence-electron chi connectivity index (χ1n) is 13.9. The van der Waals surface area contributed by atoms with E-state index in [1.165, 1.54) is 49.7 Å². The monoisotopic (exact) mass is 634 g/mol. The number of aromatic nitrogens is 2. The van der Waals surface area contributed by atoms with Gasteiger partial charge >= 0.3 is 0 Å². The molecule has 0 radical (unpaired) electrons. The van der Waals surface area contributed by atoms with Crippen molar-refractivity contribution in [3.05, 3.63) is 77.3 Å². The highest BCUT2D eigenvalue weighted by molar-refractivity contribution is 7.92. The van der Waals surface area contributed by atoms with E-state index >= 15 is 0 Å². The number of ketones is 1. The maximum atomic E-state index is 13.7. The number of Topliss-reactive ketones (excluding diaryl/α,β-unsaturated/α-hetero) is 1. The number of aryl methyl sites for hydroxylation is 1. The number of nitrogens with zero attached hydrogens (tertiary/aromatic N) is 3. The topological polar surface area (TPSA) is 122 Å². The van der Waals surface area contributed by atoms with Gasteiger partial charge in [0, 0.05) is 84.1 Å². The number of pyridine rings is 1. The molecule has 3 heterocycles. The predicted molar refractivity (Wildman–Crippen MR) is 171 cm³/mol. The fraction of sp³-hybridized carbons (Fsp3) is 0.250. The summed E-state index contributed by atoms with van der Waals surface area (Å²) in [6.07, 6.45) is 8.62. The van der Waals surface area contributed by atoms with Crippen LogP contribution in [0.4, 0.5) is 10.1 Å². The Kier molecular flexibility index (Phi) is 8.93. The molecule has 44 heavy (non-hydrogen) atoms. The van der Waals surface area contributed by atoms with Gasteiger partial charge < -0.3 is 9.73 Å². The number of furan rings is 1. The third-order valence-electron chi connectivity index (χ3n) is 7.23. The average Bonchev–Trinajstić information content (AvgIpc) is 3.63. The smallest absolute Gasteiger partial charge is 0.255 e. The molecule has 0 atom stereocenters. The zero-order chi connectivity index (χ0) is 31.6. The molecule has 0 unspecified atom stereocenters. The van der Waals surface area contributed by atoms with E-state index in [1.807, 2.05) is 13.0 Å². The van der Waals surface area contributed by atoms with Gasteiger partial charge in [0.15, 0.2) is 0 Å². The maximum Gasteiger partial charge on any atom is 0.255 e. The lowest BCUT2D eigenvalue weighted by Gasteiger charge is -2.20. The van der Waals surface area contributed by atoms with Gasteiger partial charge in [-0.3, -0.25) is 18.9 Å². The fourth-order valence-corrected chi connectivity index (χ4v) is 6.29. The van der Waals surface area contributed by atoms with Crippen LogP contribution < -0.4 is 9.62 Å². The summed E-state index contributed by atoms with van der Waals surface area (Å²) in [4.78, 5) is 35.1. The second-order valence-electron chi connectivity index (χ2n) is 10.4. The summed E-state index contributed by atoms with van der Waals surface area (Å²) in [5.41, 5.74) is 3.13. The van der Waals surface area contributed by atoms with Crippen LogP contribution in [0.2, 0.25) is 0 Å². The summed E-state index contributed by atoms with van der Waals surface area (Å²) in [5.74, 6) is -0.403. The number of hydrogen-bond donors (Lipinski definition) is 1. The molecule has 0 fully saturated rings. The number of amides is 1. The molecule has 0 aliphatic carbocycles. The number of carbonyl (C=O) groups excluding carboxylic acids is 2. The minimum atomic E-state index is -3.70. The van der Waals surface area contributed by atoms with E-state index in [2.05, 4.69) is 15.3 Å². The number of sulfonamides is 1. The molecule has 3 aromatic heterocycles. The van der Waals surface area contributed by atoms with Gasteiger partial charge in [-0.2, -0.15) is 0 Å². The summed E-state index contributed by atoms with van der Waals surface area (Å²) >= 11 is 1.47. The molecular formula is C32H31FN4O5S2. The van der Waals surface area contributed by atoms with Crippen LogP contribution in [0, 0.1) is 5.82 Å². The SMILES string of the molecule is CCCC(=O)CCc1cnc(-c2cncc(-c3cc4c(C(=O)NC)c(-c5ccc(F)cc5)oc4cc3N(C)S(C)(=O)=O)c2)s1. The van der Waals surface area contributed by atoms with Gasteiger partial charge in [0.2, 0.25) is 10.0 Å². The molecule has 0 spiro atoms. The zero-order valence-corrected chi connectivity index (χ0v) is 26.3. The van der Waals surface area contributed by atoms with Gasteiger partial charge in [0.05, 0.1) is 17.5 Å². The van der Waals surface area contributed by atoms with Crippen LogP contribution in [0.15, 0.2) is 65.5 Å². The number of thiazole rings is 1. The van der Waals surface area contributed by atoms with Crippen molar-refractivity contribution < 1.29 is 26.8 Å². The van der Waals surface area contributed by atoms with Crippen molar-refractivity contribution in [2.24, 2.45) is 0 Å². The lowest BCUT2D eigenvalue weighted by atomic mass is 9.98. The number of carbonyl (C=O) groups is 2. The van der Waals surface area contributed by atoms with Crippen molar-refractivity contribution in [2.75, 3.05) is 24.7 Å². The molecule has 9 nitrogen and oxygen atoms in total. The normalized spacial score (nSPS) is 11.6. The molecule has 5 rings (SSSR count). The Hall–Kier alpha value is -4.42. The number of hydrogen-bond acceptors (Lipinski definition) is 8. The van der Waals surface area contributed by atoms with Crippen molar-refractivity contribution in [1.29, 1.82) is 0 Å². The number of nitrogens with one attached hydrogen (secondary N) is 1. The van der Waals surface area contributed by atoms with Gasteiger partial charge in [0.25, 0.3) is 5.91 Å². The molecule has 0 aliphatic heterocycles. The number of benzene rings is 2. The number of fused-ring (bicyclic) bond motifs is 1. The van der Waals surface area contributed by atoms with E-state index in [0.717, 1.165) is 27.4 Å². The van der Waals surface area contributed by atoms with Crippen molar-refractivity contribution >= 4 is 49.7 Å². The van der Waals surface area contributed by atoms with E-state index < -0.39 is 21.7 Å². The van der Waals surface area contributed by atoms with Crippen LogP contribution in [0.5, 0.6) is 0 Å². The number of halogens is 1. The van der Waals surface area contributed by atoms with Crippen LogP contribution in [0.25, 0.3) is 44.0 Å². The lowest BCUT2D eigenvalue weighted by molar-refractivity contribution is -0.119. The van der Waals surface area contributed by atoms with E-state index in [1.54, 1.807) is 30.7 Å². The van der Waals surface area contributed by atoms with Crippen LogP contribution >= 0.6 is 11.3 Å². The Morgan fingerprint density at radius 1 is 1.02 bits per heavy atom. The van der Waals surface area contributed by atoms with Gasteiger partial charge in [0.1, 0.15) is 28.0 Å². The first kappa shape index (κ1) is 31.0. The summed E-state index contributed by atoms with van der Waals surface area (Å²) in [6.45, 7) is 1.98. The quantitative estimate of drug-likeness (QED) is 0.176. The van der Waals surface area contributed by atoms with Crippen LogP contribution in [-0.2, 0) is 21.2 Å². The van der Waals surface area contributed by atoms with Crippen molar-refractivity contribution in [2.45, 2.75) is 32.6 Å². The molecule has 0 saturated heterocycles. The van der Waals surface area contributed by atoms with Gasteiger partial charge in [-0.15, -0.1) is 11.3 Å². The van der Waals surface area contributed by atoms with Crippen LogP contribution in [0.3, 0.4) is 0 Å². The maximum absolute atomic E-state index is 13.7. The summed E-state index contributed by atoms with van der Waals surface area (Å²) in [6, 6.07) is 10.7. The number of anilines is 1. The van der Waals surface area contributed by atoms with E-state index in [4.69, 9.17) is 4.42 Å². The van der Waals surface area contributed by atoms with E-state index in [-0.39, 0.29) is 22.7 Å². The lowest BCUT2D eigenvalue weighted by Crippen LogP contribution is -2.25. The molecule has 0 saturated carbocycles. The Morgan fingerprint density at radius 3 is 2.43 bits per heavy atom. The summed E-state index contributed by atoms with van der Waals surface area (Å²) in [7, 11) is -0.764. The van der Waals surface area contributed by atoms with Crippen molar-refractivity contribution in [3.63, 3.8) is 0 Å². The van der Waals surface area contributed by atoms with Gasteiger partial charge in [-0.05, 0) is 49.2 Å². The van der Waals surface area contributed by atoms with Crippen LogP contribution in [-0.4, -0.2) is 50.4 Å². The molecule has 5 aromatic rings. The highest BCUT2D eigenvalue weighted by atomic mass is 32.2. The first-order valence-corrected chi connectivity index (χ1v) is 16.6. The molecule has 2 aromatic carbocycles. The van der Waals surface area contributed by atoms with Gasteiger partial charge in [-0.1, -0.05) is 6.92 Å². The standard InChI is InChI=1S/C32H31FN4O5S2/c1-5-6-23(38)11-12-24-18-36-32(43-24)21-13-20(16-35-17-21)25-14-26-28(15-27(25)37(3)44(4,40)41)42-30(29(26)31(39)34-2)19-7-9-22(33)10-8-19/h7-10,13-18H,5-6,11-12H2,1-4H3,(H,34,39). The molecule has 228 valence electrons. The third kappa shape index (κ3) is 6.41. The molecular weight excluding hydrogens is 604 g/mol. The summed E-state index contributed by atoms with van der Waals surface area (Å²) in [5, 5.41) is 3.80. The predicted octanol–water partition coefficient (Wildman–Crippen LogP) is 6.48. The number of rotatable bonds is 11. The van der Waals surface area contributed by atoms with E-state index in [9.17, 15) is 22.4 Å². The second-order valence-corrected chi connectivity index (χ2v) is 13.5. The zero-order valence-electron chi connectivity index (χ0n) is 24.7. The van der Waals surface area contributed by atoms with Gasteiger partial charge in [-0.25, -0.2) is 17.8 Å². The Bertz CT molecular complexity index is 1970. The highest BCUT2D eigenvalue weighted by Crippen LogP contribution is 2.42. The van der Waals surface area contributed by atoms with Crippen molar-refractivity contribution in [1.82, 2.24) is 15.3 Å². The fourth-order valence-electron chi connectivity index (χ4n) is 4.88. The molecule has 1 amide bonds.